The molecule has 2 heterocycles. The number of pyridine rings is 1. The lowest BCUT2D eigenvalue weighted by molar-refractivity contribution is -0.137. The van der Waals surface area contributed by atoms with Gasteiger partial charge in [-0.15, -0.1) is 16.9 Å². The molecule has 0 spiro atoms. The molecular formula is C16H13F3N4S. The minimum absolute atomic E-state index is 0.296. The predicted molar refractivity (Wildman–Crippen MR) is 86.0 cm³/mol. The molecule has 3 rings (SSSR count). The van der Waals surface area contributed by atoms with Crippen LogP contribution in [0.2, 0.25) is 0 Å². The molecule has 0 saturated heterocycles. The van der Waals surface area contributed by atoms with Crippen molar-refractivity contribution in [3.63, 3.8) is 0 Å². The first-order chi connectivity index (χ1) is 11.5. The summed E-state index contributed by atoms with van der Waals surface area (Å²) in [4.78, 5) is 5.27. The second kappa shape index (κ2) is 6.64. The van der Waals surface area contributed by atoms with Gasteiger partial charge in [0.1, 0.15) is 11.4 Å². The molecule has 0 bridgehead atoms. The van der Waals surface area contributed by atoms with Gasteiger partial charge >= 0.3 is 6.18 Å². The van der Waals surface area contributed by atoms with Crippen molar-refractivity contribution < 1.29 is 13.2 Å². The molecule has 124 valence electrons. The van der Waals surface area contributed by atoms with E-state index < -0.39 is 11.7 Å². The number of nitrogens with zero attached hydrogens (tertiary/aromatic N) is 4. The van der Waals surface area contributed by atoms with Crippen LogP contribution in [0.4, 0.5) is 13.2 Å². The van der Waals surface area contributed by atoms with Crippen molar-refractivity contribution in [1.29, 1.82) is 0 Å². The topological polar surface area (TPSA) is 43.6 Å². The number of alkyl halides is 3. The van der Waals surface area contributed by atoms with Crippen LogP contribution in [0.5, 0.6) is 0 Å². The van der Waals surface area contributed by atoms with E-state index in [0.717, 1.165) is 22.8 Å². The Kier molecular flexibility index (Phi) is 4.57. The van der Waals surface area contributed by atoms with E-state index in [1.54, 1.807) is 30.2 Å². The van der Waals surface area contributed by atoms with Gasteiger partial charge in [-0.3, -0.25) is 4.98 Å². The quantitative estimate of drug-likeness (QED) is 0.652. The molecule has 2 aromatic heterocycles. The molecule has 1 aromatic carbocycles. The normalized spacial score (nSPS) is 11.7. The Balaban J connectivity index is 1.98. The third-order valence-corrected chi connectivity index (χ3v) is 4.17. The Morgan fingerprint density at radius 3 is 2.75 bits per heavy atom. The summed E-state index contributed by atoms with van der Waals surface area (Å²) in [5.74, 6) is 0.875. The Bertz CT molecular complexity index is 845. The maximum atomic E-state index is 12.8. The molecule has 0 amide bonds. The molecule has 24 heavy (non-hydrogen) atoms. The van der Waals surface area contributed by atoms with E-state index in [4.69, 9.17) is 0 Å². The molecule has 0 N–H and O–H groups in total. The van der Waals surface area contributed by atoms with Crippen LogP contribution in [0, 0.1) is 0 Å². The van der Waals surface area contributed by atoms with Gasteiger partial charge in [0, 0.05) is 11.1 Å². The van der Waals surface area contributed by atoms with Crippen molar-refractivity contribution in [2.45, 2.75) is 18.0 Å². The van der Waals surface area contributed by atoms with Crippen LogP contribution in [-0.2, 0) is 6.18 Å². The summed E-state index contributed by atoms with van der Waals surface area (Å²) < 4.78 is 39.8. The summed E-state index contributed by atoms with van der Waals surface area (Å²) in [6.45, 7) is 2.03. The van der Waals surface area contributed by atoms with E-state index in [1.165, 1.54) is 10.7 Å². The lowest BCUT2D eigenvalue weighted by Crippen LogP contribution is -2.06. The molecule has 0 atom stereocenters. The Morgan fingerprint density at radius 2 is 2.00 bits per heavy atom. The van der Waals surface area contributed by atoms with Gasteiger partial charge in [0.15, 0.2) is 0 Å². The Labute approximate surface area is 140 Å². The van der Waals surface area contributed by atoms with Crippen molar-refractivity contribution in [2.24, 2.45) is 0 Å². The second-order valence-electron chi connectivity index (χ2n) is 4.88. The first kappa shape index (κ1) is 16.5. The lowest BCUT2D eigenvalue weighted by Gasteiger charge is -2.08. The zero-order valence-corrected chi connectivity index (χ0v) is 13.5. The van der Waals surface area contributed by atoms with E-state index >= 15 is 0 Å². The van der Waals surface area contributed by atoms with Crippen molar-refractivity contribution in [2.75, 3.05) is 5.75 Å². The van der Waals surface area contributed by atoms with E-state index in [2.05, 4.69) is 15.3 Å². The molecule has 4 nitrogen and oxygen atoms in total. The Morgan fingerprint density at radius 1 is 1.17 bits per heavy atom. The molecule has 0 saturated carbocycles. The van der Waals surface area contributed by atoms with Gasteiger partial charge in [-0.2, -0.15) is 13.2 Å². The van der Waals surface area contributed by atoms with Crippen LogP contribution in [-0.4, -0.2) is 25.7 Å². The molecule has 8 heteroatoms. The summed E-state index contributed by atoms with van der Waals surface area (Å²) >= 11 is 1.62. The lowest BCUT2D eigenvalue weighted by atomic mass is 10.2. The van der Waals surface area contributed by atoms with Crippen LogP contribution >= 0.6 is 11.8 Å². The molecule has 0 unspecified atom stereocenters. The van der Waals surface area contributed by atoms with Crippen LogP contribution in [0.1, 0.15) is 12.5 Å². The SMILES string of the molecule is CCSc1cccnc1-c1cn(-c2cccc(C(F)(F)F)c2)nn1. The minimum atomic E-state index is -4.40. The third kappa shape index (κ3) is 3.43. The number of halogens is 3. The van der Waals surface area contributed by atoms with Gasteiger partial charge in [-0.1, -0.05) is 18.2 Å². The highest BCUT2D eigenvalue weighted by Crippen LogP contribution is 2.31. The fourth-order valence-electron chi connectivity index (χ4n) is 2.18. The number of benzene rings is 1. The first-order valence-corrected chi connectivity index (χ1v) is 8.16. The maximum Gasteiger partial charge on any atom is 0.416 e. The fraction of sp³-hybridized carbons (Fsp3) is 0.188. The summed E-state index contributed by atoms with van der Waals surface area (Å²) in [6.07, 6.45) is -1.17. The molecule has 0 radical (unpaired) electrons. The average Bonchev–Trinajstić information content (AvgIpc) is 3.05. The summed E-state index contributed by atoms with van der Waals surface area (Å²) in [5, 5.41) is 7.99. The Hall–Kier alpha value is -2.35. The van der Waals surface area contributed by atoms with Gasteiger partial charge in [0.25, 0.3) is 0 Å². The van der Waals surface area contributed by atoms with Crippen molar-refractivity contribution in [3.8, 4) is 17.1 Å². The largest absolute Gasteiger partial charge is 0.416 e. The first-order valence-electron chi connectivity index (χ1n) is 7.17. The van der Waals surface area contributed by atoms with Gasteiger partial charge < -0.3 is 0 Å². The van der Waals surface area contributed by atoms with Crippen molar-refractivity contribution in [1.82, 2.24) is 20.0 Å². The zero-order valence-electron chi connectivity index (χ0n) is 12.7. The van der Waals surface area contributed by atoms with Gasteiger partial charge in [0.2, 0.25) is 0 Å². The standard InChI is InChI=1S/C16H13F3N4S/c1-2-24-14-7-4-8-20-15(14)13-10-23(22-21-13)12-6-3-5-11(9-12)16(17,18)19/h3-10H,2H2,1H3. The number of thioether (sulfide) groups is 1. The van der Waals surface area contributed by atoms with E-state index in [1.807, 2.05) is 19.1 Å². The zero-order chi connectivity index (χ0) is 17.2. The molecule has 0 fully saturated rings. The highest BCUT2D eigenvalue weighted by Gasteiger charge is 2.30. The number of hydrogen-bond donors (Lipinski definition) is 0. The molecule has 0 aliphatic rings. The van der Waals surface area contributed by atoms with Crippen molar-refractivity contribution >= 4 is 11.8 Å². The molecule has 3 aromatic rings. The van der Waals surface area contributed by atoms with Crippen LogP contribution in [0.25, 0.3) is 17.1 Å². The van der Waals surface area contributed by atoms with E-state index in [9.17, 15) is 13.2 Å². The number of aromatic nitrogens is 4. The van der Waals surface area contributed by atoms with Gasteiger partial charge in [-0.25, -0.2) is 4.68 Å². The molecule has 0 aliphatic carbocycles. The summed E-state index contributed by atoms with van der Waals surface area (Å²) in [7, 11) is 0. The maximum absolute atomic E-state index is 12.8. The summed E-state index contributed by atoms with van der Waals surface area (Å²) in [6, 6.07) is 8.72. The molecule has 0 aliphatic heterocycles. The monoisotopic (exact) mass is 350 g/mol. The minimum Gasteiger partial charge on any atom is -0.253 e. The highest BCUT2D eigenvalue weighted by atomic mass is 32.2. The van der Waals surface area contributed by atoms with Crippen molar-refractivity contribution in [3.05, 3.63) is 54.4 Å². The average molecular weight is 350 g/mol. The van der Waals surface area contributed by atoms with E-state index in [-0.39, 0.29) is 0 Å². The number of rotatable bonds is 4. The fourth-order valence-corrected chi connectivity index (χ4v) is 2.96. The molecular weight excluding hydrogens is 337 g/mol. The summed E-state index contributed by atoms with van der Waals surface area (Å²) in [5.41, 5.74) is 0.757. The highest BCUT2D eigenvalue weighted by molar-refractivity contribution is 7.99. The van der Waals surface area contributed by atoms with Gasteiger partial charge in [-0.05, 0) is 36.1 Å². The van der Waals surface area contributed by atoms with Crippen LogP contribution < -0.4 is 0 Å². The third-order valence-electron chi connectivity index (χ3n) is 3.24. The second-order valence-corrected chi connectivity index (χ2v) is 6.19. The number of hydrogen-bond acceptors (Lipinski definition) is 4. The van der Waals surface area contributed by atoms with Crippen LogP contribution in [0.3, 0.4) is 0 Å². The predicted octanol–water partition coefficient (Wildman–Crippen LogP) is 4.46. The van der Waals surface area contributed by atoms with E-state index in [0.29, 0.717) is 17.1 Å². The smallest absolute Gasteiger partial charge is 0.253 e. The van der Waals surface area contributed by atoms with Crippen LogP contribution in [0.15, 0.2) is 53.7 Å². The van der Waals surface area contributed by atoms with Gasteiger partial charge in [0.05, 0.1) is 17.4 Å².